The van der Waals surface area contributed by atoms with E-state index in [9.17, 15) is 8.42 Å². The largest absolute Gasteiger partial charge is 0.454 e. The summed E-state index contributed by atoms with van der Waals surface area (Å²) in [5, 5.41) is 0.644. The van der Waals surface area contributed by atoms with Crippen molar-refractivity contribution in [1.82, 2.24) is 4.98 Å². The number of hydrogen-bond acceptors (Lipinski definition) is 4. The Morgan fingerprint density at radius 2 is 2.06 bits per heavy atom. The van der Waals surface area contributed by atoms with Gasteiger partial charge in [-0.25, -0.2) is 0 Å². The summed E-state index contributed by atoms with van der Waals surface area (Å²) in [6.07, 6.45) is 2.76. The zero-order valence-electron chi connectivity index (χ0n) is 8.93. The van der Waals surface area contributed by atoms with Crippen molar-refractivity contribution in [3.8, 4) is 5.75 Å². The highest BCUT2D eigenvalue weighted by Gasteiger charge is 2.16. The van der Waals surface area contributed by atoms with Crippen LogP contribution in [-0.4, -0.2) is 19.7 Å². The van der Waals surface area contributed by atoms with Gasteiger partial charge in [-0.1, -0.05) is 0 Å². The molecule has 2 aromatic heterocycles. The summed E-state index contributed by atoms with van der Waals surface area (Å²) in [5.74, 6) is 0.281. The molecule has 0 amide bonds. The maximum absolute atomic E-state index is 11.1. The number of hydrogen-bond donors (Lipinski definition) is 1. The molecule has 0 atom stereocenters. The van der Waals surface area contributed by atoms with Crippen LogP contribution in [0.25, 0.3) is 22.1 Å². The SMILES string of the molecule is CS(=O)(=O)Oc1ccc2oc3ccc[nH]c3c12. The van der Waals surface area contributed by atoms with E-state index in [2.05, 4.69) is 4.98 Å². The van der Waals surface area contributed by atoms with Crippen molar-refractivity contribution in [2.45, 2.75) is 0 Å². The van der Waals surface area contributed by atoms with E-state index in [0.717, 1.165) is 11.8 Å². The van der Waals surface area contributed by atoms with Crippen LogP contribution in [0, 0.1) is 0 Å². The molecule has 0 fully saturated rings. The topological polar surface area (TPSA) is 72.3 Å². The van der Waals surface area contributed by atoms with E-state index < -0.39 is 10.1 Å². The van der Waals surface area contributed by atoms with Crippen molar-refractivity contribution in [1.29, 1.82) is 0 Å². The van der Waals surface area contributed by atoms with E-state index in [1.54, 1.807) is 24.4 Å². The Labute approximate surface area is 97.1 Å². The van der Waals surface area contributed by atoms with Crippen LogP contribution in [0.15, 0.2) is 34.9 Å². The van der Waals surface area contributed by atoms with E-state index in [1.807, 2.05) is 6.07 Å². The van der Waals surface area contributed by atoms with Gasteiger partial charge in [-0.15, -0.1) is 0 Å². The molecular formula is C11H9NO4S. The molecule has 0 unspecified atom stereocenters. The molecular weight excluding hydrogens is 242 g/mol. The van der Waals surface area contributed by atoms with Crippen LogP contribution in [0.5, 0.6) is 5.75 Å². The van der Waals surface area contributed by atoms with Crippen LogP contribution in [0.2, 0.25) is 0 Å². The normalized spacial score (nSPS) is 12.3. The standard InChI is InChI=1S/C11H9NO4S/c1-17(13,14)16-8-5-4-7-10(8)11-9(15-7)3-2-6-12-11/h2-6,12H,1H3. The molecule has 1 N–H and O–H groups in total. The third kappa shape index (κ3) is 1.66. The second-order valence-electron chi connectivity index (χ2n) is 3.74. The number of aromatic nitrogens is 1. The second kappa shape index (κ2) is 3.27. The highest BCUT2D eigenvalue weighted by Crippen LogP contribution is 2.36. The number of rotatable bonds is 2. The van der Waals surface area contributed by atoms with Crippen molar-refractivity contribution < 1.29 is 17.0 Å². The lowest BCUT2D eigenvalue weighted by atomic mass is 10.3. The summed E-state index contributed by atoms with van der Waals surface area (Å²) in [4.78, 5) is 3.02. The van der Waals surface area contributed by atoms with Crippen LogP contribution in [-0.2, 0) is 10.1 Å². The molecule has 88 valence electrons. The van der Waals surface area contributed by atoms with Crippen molar-refractivity contribution >= 4 is 32.2 Å². The van der Waals surface area contributed by atoms with Crippen LogP contribution >= 0.6 is 0 Å². The highest BCUT2D eigenvalue weighted by molar-refractivity contribution is 7.86. The molecule has 6 heteroatoms. The summed E-state index contributed by atoms with van der Waals surface area (Å²) in [6, 6.07) is 6.87. The average molecular weight is 251 g/mol. The first-order valence-corrected chi connectivity index (χ1v) is 6.74. The molecule has 0 aliphatic carbocycles. The van der Waals surface area contributed by atoms with E-state index in [1.165, 1.54) is 0 Å². The van der Waals surface area contributed by atoms with E-state index in [4.69, 9.17) is 8.60 Å². The fraction of sp³-hybridized carbons (Fsp3) is 0.0909. The minimum Gasteiger partial charge on any atom is -0.454 e. The number of H-pyrrole nitrogens is 1. The molecule has 2 heterocycles. The van der Waals surface area contributed by atoms with Gasteiger partial charge in [-0.3, -0.25) is 0 Å². The third-order valence-electron chi connectivity index (χ3n) is 2.41. The summed E-state index contributed by atoms with van der Waals surface area (Å²) in [5.41, 5.74) is 1.99. The molecule has 3 rings (SSSR count). The number of furan rings is 1. The van der Waals surface area contributed by atoms with Crippen molar-refractivity contribution in [2.24, 2.45) is 0 Å². The van der Waals surface area contributed by atoms with Gasteiger partial charge in [0, 0.05) is 6.20 Å². The molecule has 0 saturated carbocycles. The molecule has 3 aromatic rings. The van der Waals surface area contributed by atoms with Gasteiger partial charge in [0.1, 0.15) is 5.58 Å². The third-order valence-corrected chi connectivity index (χ3v) is 2.89. The van der Waals surface area contributed by atoms with Crippen molar-refractivity contribution in [3.63, 3.8) is 0 Å². The number of nitrogens with one attached hydrogen (secondary N) is 1. The Hall–Kier alpha value is -1.95. The first-order chi connectivity index (χ1) is 8.04. The number of fused-ring (bicyclic) bond motifs is 3. The Morgan fingerprint density at radius 1 is 1.24 bits per heavy atom. The van der Waals surface area contributed by atoms with Gasteiger partial charge >= 0.3 is 10.1 Å². The van der Waals surface area contributed by atoms with Gasteiger partial charge in [-0.2, -0.15) is 8.42 Å². The summed E-state index contributed by atoms with van der Waals surface area (Å²) >= 11 is 0. The fourth-order valence-electron chi connectivity index (χ4n) is 1.82. The highest BCUT2D eigenvalue weighted by atomic mass is 32.2. The summed E-state index contributed by atoms with van der Waals surface area (Å²) < 4.78 is 32.7. The Bertz CT molecular complexity index is 797. The van der Waals surface area contributed by atoms with Gasteiger partial charge in [0.2, 0.25) is 0 Å². The molecule has 0 saturated heterocycles. The van der Waals surface area contributed by atoms with E-state index >= 15 is 0 Å². The molecule has 0 bridgehead atoms. The quantitative estimate of drug-likeness (QED) is 0.709. The smallest absolute Gasteiger partial charge is 0.306 e. The second-order valence-corrected chi connectivity index (χ2v) is 5.31. The maximum Gasteiger partial charge on any atom is 0.306 e. The van der Waals surface area contributed by atoms with Crippen LogP contribution in [0.3, 0.4) is 0 Å². The van der Waals surface area contributed by atoms with Crippen molar-refractivity contribution in [2.75, 3.05) is 6.26 Å². The van der Waals surface area contributed by atoms with Crippen molar-refractivity contribution in [3.05, 3.63) is 30.5 Å². The molecule has 1 aromatic carbocycles. The minimum atomic E-state index is -3.54. The molecule has 0 spiro atoms. The molecule has 0 aliphatic heterocycles. The maximum atomic E-state index is 11.1. The first kappa shape index (κ1) is 10.2. The monoisotopic (exact) mass is 251 g/mol. The van der Waals surface area contributed by atoms with E-state index in [0.29, 0.717) is 16.6 Å². The fourth-order valence-corrected chi connectivity index (χ4v) is 2.29. The average Bonchev–Trinajstić information content (AvgIpc) is 2.76. The van der Waals surface area contributed by atoms with Gasteiger partial charge < -0.3 is 13.6 Å². The van der Waals surface area contributed by atoms with Crippen LogP contribution in [0.1, 0.15) is 0 Å². The lowest BCUT2D eigenvalue weighted by molar-refractivity contribution is 0.496. The first-order valence-electron chi connectivity index (χ1n) is 4.93. The predicted molar refractivity (Wildman–Crippen MR) is 63.5 cm³/mol. The van der Waals surface area contributed by atoms with Gasteiger partial charge in [0.15, 0.2) is 11.3 Å². The predicted octanol–water partition coefficient (Wildman–Crippen LogP) is 2.25. The molecule has 0 aliphatic rings. The summed E-state index contributed by atoms with van der Waals surface area (Å²) in [6.45, 7) is 0. The number of pyridine rings is 1. The molecule has 5 nitrogen and oxygen atoms in total. The van der Waals surface area contributed by atoms with Gasteiger partial charge in [0.25, 0.3) is 0 Å². The minimum absolute atomic E-state index is 0.281. The van der Waals surface area contributed by atoms with Crippen LogP contribution < -0.4 is 4.18 Å². The zero-order chi connectivity index (χ0) is 12.0. The Balaban J connectivity index is 2.33. The van der Waals surface area contributed by atoms with Gasteiger partial charge in [0.05, 0.1) is 17.2 Å². The van der Waals surface area contributed by atoms with E-state index in [-0.39, 0.29) is 5.75 Å². The van der Waals surface area contributed by atoms with Crippen LogP contribution in [0.4, 0.5) is 0 Å². The zero-order valence-corrected chi connectivity index (χ0v) is 9.74. The molecule has 17 heavy (non-hydrogen) atoms. The number of aromatic amines is 1. The van der Waals surface area contributed by atoms with Gasteiger partial charge in [-0.05, 0) is 24.3 Å². The Kier molecular flexibility index (Phi) is 1.97. The molecule has 0 radical (unpaired) electrons. The lowest BCUT2D eigenvalue weighted by Crippen LogP contribution is -2.05. The summed E-state index contributed by atoms with van der Waals surface area (Å²) in [7, 11) is -3.54. The lowest BCUT2D eigenvalue weighted by Gasteiger charge is -1.99. The Morgan fingerprint density at radius 3 is 2.82 bits per heavy atom.